The Balaban J connectivity index is 2.26. The summed E-state index contributed by atoms with van der Waals surface area (Å²) in [6.07, 6.45) is 0.952. The Labute approximate surface area is 113 Å². The van der Waals surface area contributed by atoms with Gasteiger partial charge in [-0.15, -0.1) is 0 Å². The van der Waals surface area contributed by atoms with Crippen molar-refractivity contribution in [1.29, 1.82) is 0 Å². The standard InChI is InChI=1S/C13H18N2O3S/c1-13(2)6-7-15(9-13)12(16)10-4-3-5-11(8-10)19(14,17)18/h3-5,8H,6-7,9H2,1-2H3,(H2,14,17,18). The summed E-state index contributed by atoms with van der Waals surface area (Å²) < 4.78 is 22.6. The predicted octanol–water partition coefficient (Wildman–Crippen LogP) is 1.21. The van der Waals surface area contributed by atoms with Gasteiger partial charge in [0.05, 0.1) is 4.90 Å². The van der Waals surface area contributed by atoms with E-state index in [1.54, 1.807) is 11.0 Å². The van der Waals surface area contributed by atoms with Crippen molar-refractivity contribution < 1.29 is 13.2 Å². The molecular formula is C13H18N2O3S. The van der Waals surface area contributed by atoms with Gasteiger partial charge in [-0.1, -0.05) is 19.9 Å². The lowest BCUT2D eigenvalue weighted by molar-refractivity contribution is 0.0778. The van der Waals surface area contributed by atoms with Crippen LogP contribution in [0.5, 0.6) is 0 Å². The van der Waals surface area contributed by atoms with E-state index < -0.39 is 10.0 Å². The molecule has 1 aromatic rings. The maximum Gasteiger partial charge on any atom is 0.253 e. The zero-order valence-electron chi connectivity index (χ0n) is 11.1. The lowest BCUT2D eigenvalue weighted by atomic mass is 9.93. The van der Waals surface area contributed by atoms with Crippen LogP contribution in [0.15, 0.2) is 29.2 Å². The highest BCUT2D eigenvalue weighted by atomic mass is 32.2. The first-order valence-corrected chi connectivity index (χ1v) is 7.66. The highest BCUT2D eigenvalue weighted by Crippen LogP contribution is 2.29. The van der Waals surface area contributed by atoms with Gasteiger partial charge in [-0.3, -0.25) is 4.79 Å². The number of hydrogen-bond donors (Lipinski definition) is 1. The second-order valence-electron chi connectivity index (χ2n) is 5.71. The third kappa shape index (κ3) is 3.13. The van der Waals surface area contributed by atoms with E-state index in [0.717, 1.165) is 6.42 Å². The zero-order valence-corrected chi connectivity index (χ0v) is 11.9. The molecule has 2 rings (SSSR count). The Morgan fingerprint density at radius 1 is 1.37 bits per heavy atom. The number of rotatable bonds is 2. The minimum absolute atomic E-state index is 0.0307. The molecule has 0 atom stereocenters. The normalized spacial score (nSPS) is 18.6. The Morgan fingerprint density at radius 3 is 2.58 bits per heavy atom. The first kappa shape index (κ1) is 14.0. The molecule has 0 saturated carbocycles. The van der Waals surface area contributed by atoms with Crippen molar-refractivity contribution in [3.8, 4) is 0 Å². The number of nitrogens with two attached hydrogens (primary N) is 1. The number of sulfonamides is 1. The number of carbonyl (C=O) groups excluding carboxylic acids is 1. The molecule has 1 aliphatic rings. The van der Waals surface area contributed by atoms with Crippen molar-refractivity contribution in [2.24, 2.45) is 10.6 Å². The minimum Gasteiger partial charge on any atom is -0.338 e. The fourth-order valence-corrected chi connectivity index (χ4v) is 2.83. The highest BCUT2D eigenvalue weighted by Gasteiger charge is 2.32. The molecule has 6 heteroatoms. The Hall–Kier alpha value is -1.40. The summed E-state index contributed by atoms with van der Waals surface area (Å²) in [5.74, 6) is -0.143. The summed E-state index contributed by atoms with van der Waals surface area (Å²) in [5, 5.41) is 5.07. The number of hydrogen-bond acceptors (Lipinski definition) is 3. The van der Waals surface area contributed by atoms with Gasteiger partial charge in [0.15, 0.2) is 0 Å². The fourth-order valence-electron chi connectivity index (χ4n) is 2.27. The molecule has 0 bridgehead atoms. The van der Waals surface area contributed by atoms with Crippen molar-refractivity contribution in [3.05, 3.63) is 29.8 Å². The minimum atomic E-state index is -3.78. The number of amides is 1. The van der Waals surface area contributed by atoms with E-state index in [1.807, 2.05) is 0 Å². The lowest BCUT2D eigenvalue weighted by Crippen LogP contribution is -2.30. The van der Waals surface area contributed by atoms with Crippen molar-refractivity contribution in [1.82, 2.24) is 4.90 Å². The summed E-state index contributed by atoms with van der Waals surface area (Å²) in [5.41, 5.74) is 0.483. The van der Waals surface area contributed by atoms with E-state index in [0.29, 0.717) is 18.7 Å². The third-order valence-electron chi connectivity index (χ3n) is 3.37. The van der Waals surface area contributed by atoms with E-state index in [4.69, 9.17) is 5.14 Å². The Kier molecular flexibility index (Phi) is 3.40. The quantitative estimate of drug-likeness (QED) is 0.885. The molecular weight excluding hydrogens is 264 g/mol. The van der Waals surface area contributed by atoms with Crippen molar-refractivity contribution in [3.63, 3.8) is 0 Å². The van der Waals surface area contributed by atoms with Gasteiger partial charge in [0.1, 0.15) is 0 Å². The molecule has 1 amide bonds. The fraction of sp³-hybridized carbons (Fsp3) is 0.462. The third-order valence-corrected chi connectivity index (χ3v) is 4.29. The highest BCUT2D eigenvalue weighted by molar-refractivity contribution is 7.89. The molecule has 0 spiro atoms. The predicted molar refractivity (Wildman–Crippen MR) is 72.1 cm³/mol. The summed E-state index contributed by atoms with van der Waals surface area (Å²) in [6.45, 7) is 5.61. The van der Waals surface area contributed by atoms with E-state index in [-0.39, 0.29) is 16.2 Å². The molecule has 0 aliphatic carbocycles. The monoisotopic (exact) mass is 282 g/mol. The van der Waals surface area contributed by atoms with E-state index in [2.05, 4.69) is 13.8 Å². The van der Waals surface area contributed by atoms with Crippen molar-refractivity contribution in [2.45, 2.75) is 25.2 Å². The molecule has 1 heterocycles. The molecule has 104 valence electrons. The topological polar surface area (TPSA) is 80.5 Å². The molecule has 0 radical (unpaired) electrons. The van der Waals surface area contributed by atoms with Gasteiger partial charge in [0, 0.05) is 18.7 Å². The van der Waals surface area contributed by atoms with Crippen LogP contribution >= 0.6 is 0 Å². The van der Waals surface area contributed by atoms with Gasteiger partial charge in [-0.25, -0.2) is 13.6 Å². The zero-order chi connectivity index (χ0) is 14.3. The van der Waals surface area contributed by atoms with Gasteiger partial charge >= 0.3 is 0 Å². The average molecular weight is 282 g/mol. The second-order valence-corrected chi connectivity index (χ2v) is 7.28. The molecule has 1 fully saturated rings. The van der Waals surface area contributed by atoms with Crippen LogP contribution in [-0.4, -0.2) is 32.3 Å². The molecule has 1 aliphatic heterocycles. The van der Waals surface area contributed by atoms with E-state index >= 15 is 0 Å². The maximum atomic E-state index is 12.3. The Bertz CT molecular complexity index is 608. The van der Waals surface area contributed by atoms with Gasteiger partial charge < -0.3 is 4.90 Å². The van der Waals surface area contributed by atoms with Crippen LogP contribution in [-0.2, 0) is 10.0 Å². The van der Waals surface area contributed by atoms with Gasteiger partial charge in [0.2, 0.25) is 10.0 Å². The largest absolute Gasteiger partial charge is 0.338 e. The SMILES string of the molecule is CC1(C)CCN(C(=O)c2cccc(S(N)(=O)=O)c2)C1. The maximum absolute atomic E-state index is 12.3. The second kappa shape index (κ2) is 4.61. The number of likely N-dealkylation sites (tertiary alicyclic amines) is 1. The van der Waals surface area contributed by atoms with Crippen LogP contribution in [0.1, 0.15) is 30.6 Å². The number of carbonyl (C=O) groups is 1. The van der Waals surface area contributed by atoms with Crippen LogP contribution in [0.3, 0.4) is 0 Å². The average Bonchev–Trinajstić information content (AvgIpc) is 2.68. The van der Waals surface area contributed by atoms with Crippen LogP contribution in [0, 0.1) is 5.41 Å². The van der Waals surface area contributed by atoms with Crippen molar-refractivity contribution >= 4 is 15.9 Å². The van der Waals surface area contributed by atoms with Crippen LogP contribution in [0.2, 0.25) is 0 Å². The summed E-state index contributed by atoms with van der Waals surface area (Å²) in [6, 6.07) is 5.87. The van der Waals surface area contributed by atoms with E-state index in [9.17, 15) is 13.2 Å². The van der Waals surface area contributed by atoms with Crippen LogP contribution in [0.4, 0.5) is 0 Å². The molecule has 1 saturated heterocycles. The molecule has 2 N–H and O–H groups in total. The van der Waals surface area contributed by atoms with Crippen molar-refractivity contribution in [2.75, 3.05) is 13.1 Å². The summed E-state index contributed by atoms with van der Waals surface area (Å²) in [4.78, 5) is 14.0. The lowest BCUT2D eigenvalue weighted by Gasteiger charge is -2.20. The van der Waals surface area contributed by atoms with Crippen LogP contribution in [0.25, 0.3) is 0 Å². The Morgan fingerprint density at radius 2 is 2.05 bits per heavy atom. The van der Waals surface area contributed by atoms with E-state index in [1.165, 1.54) is 18.2 Å². The van der Waals surface area contributed by atoms with Crippen LogP contribution < -0.4 is 5.14 Å². The molecule has 5 nitrogen and oxygen atoms in total. The molecule has 0 aromatic heterocycles. The number of nitrogens with zero attached hydrogens (tertiary/aromatic N) is 1. The molecule has 1 aromatic carbocycles. The number of benzene rings is 1. The molecule has 19 heavy (non-hydrogen) atoms. The first-order valence-electron chi connectivity index (χ1n) is 6.11. The van der Waals surface area contributed by atoms with Gasteiger partial charge in [-0.05, 0) is 30.0 Å². The summed E-state index contributed by atoms with van der Waals surface area (Å²) >= 11 is 0. The smallest absolute Gasteiger partial charge is 0.253 e. The van der Waals surface area contributed by atoms with Gasteiger partial charge in [-0.2, -0.15) is 0 Å². The summed E-state index contributed by atoms with van der Waals surface area (Å²) in [7, 11) is -3.78. The first-order chi connectivity index (χ1) is 8.69. The molecule has 0 unspecified atom stereocenters. The van der Waals surface area contributed by atoms with Gasteiger partial charge in [0.25, 0.3) is 5.91 Å². The number of primary sulfonamides is 1.